The van der Waals surface area contributed by atoms with Crippen LogP contribution in [-0.4, -0.2) is 20.8 Å². The monoisotopic (exact) mass is 212 g/mol. The van der Waals surface area contributed by atoms with E-state index in [2.05, 4.69) is 0 Å². The summed E-state index contributed by atoms with van der Waals surface area (Å²) in [6, 6.07) is 7.41. The molecule has 1 unspecified atom stereocenters. The molecule has 0 aliphatic carbocycles. The Morgan fingerprint density at radius 3 is 2.43 bits per heavy atom. The predicted octanol–water partition coefficient (Wildman–Crippen LogP) is 1.44. The van der Waals surface area contributed by atoms with Crippen molar-refractivity contribution in [2.24, 2.45) is 0 Å². The van der Waals surface area contributed by atoms with Crippen LogP contribution in [0, 0.1) is 6.92 Å². The summed E-state index contributed by atoms with van der Waals surface area (Å²) < 4.78 is 28.3. The van der Waals surface area contributed by atoms with Crippen LogP contribution >= 0.6 is 0 Å². The summed E-state index contributed by atoms with van der Waals surface area (Å²) in [5.41, 5.74) is 1.10. The van der Waals surface area contributed by atoms with Gasteiger partial charge in [-0.25, -0.2) is 8.42 Å². The summed E-state index contributed by atoms with van der Waals surface area (Å²) in [6.07, 6.45) is 0. The molecule has 1 aromatic rings. The quantitative estimate of drug-likeness (QED) is 0.707. The predicted molar refractivity (Wildman–Crippen MR) is 53.7 cm³/mol. The van der Waals surface area contributed by atoms with E-state index in [-0.39, 0.29) is 5.75 Å². The first-order chi connectivity index (χ1) is 6.59. The van der Waals surface area contributed by atoms with Gasteiger partial charge in [0, 0.05) is 0 Å². The van der Waals surface area contributed by atoms with Gasteiger partial charge in [-0.1, -0.05) is 29.8 Å². The zero-order chi connectivity index (χ0) is 10.2. The van der Waals surface area contributed by atoms with E-state index in [4.69, 9.17) is 4.74 Å². The average Bonchev–Trinajstić information content (AvgIpc) is 2.47. The summed E-state index contributed by atoms with van der Waals surface area (Å²) in [4.78, 5) is 0. The third-order valence-corrected chi connectivity index (χ3v) is 4.11. The van der Waals surface area contributed by atoms with Crippen molar-refractivity contribution in [2.45, 2.75) is 12.4 Å². The molecule has 0 saturated carbocycles. The van der Waals surface area contributed by atoms with E-state index in [1.807, 2.05) is 31.2 Å². The molecule has 1 aromatic carbocycles. The van der Waals surface area contributed by atoms with Crippen LogP contribution in [-0.2, 0) is 14.6 Å². The highest BCUT2D eigenvalue weighted by atomic mass is 32.2. The highest BCUT2D eigenvalue weighted by molar-refractivity contribution is 7.91. The second kappa shape index (κ2) is 3.37. The molecule has 0 N–H and O–H groups in total. The maximum Gasteiger partial charge on any atom is 0.183 e. The molecule has 76 valence electrons. The Morgan fingerprint density at radius 1 is 1.29 bits per heavy atom. The lowest BCUT2D eigenvalue weighted by Crippen LogP contribution is -2.08. The van der Waals surface area contributed by atoms with Gasteiger partial charge in [0.25, 0.3) is 0 Å². The van der Waals surface area contributed by atoms with Crippen LogP contribution in [0.15, 0.2) is 24.3 Å². The third-order valence-electron chi connectivity index (χ3n) is 2.31. The first-order valence-corrected chi connectivity index (χ1v) is 6.21. The molecular formula is C10H12O3S. The highest BCUT2D eigenvalue weighted by Gasteiger charge is 2.33. The standard InChI is InChI=1S/C10H12O3S/c1-8-2-4-9(5-3-8)10-13-6-7-14(10,11)12/h2-5,10H,6-7H2,1H3. The van der Waals surface area contributed by atoms with E-state index in [1.54, 1.807) is 0 Å². The molecule has 1 aliphatic heterocycles. The van der Waals surface area contributed by atoms with Crippen molar-refractivity contribution in [2.75, 3.05) is 12.4 Å². The maximum absolute atomic E-state index is 11.5. The fourth-order valence-corrected chi connectivity index (χ4v) is 2.93. The SMILES string of the molecule is Cc1ccc(C2OCCS2(=O)=O)cc1. The van der Waals surface area contributed by atoms with Crippen molar-refractivity contribution < 1.29 is 13.2 Å². The topological polar surface area (TPSA) is 43.4 Å². The lowest BCUT2D eigenvalue weighted by Gasteiger charge is -2.09. The zero-order valence-corrected chi connectivity index (χ0v) is 8.75. The van der Waals surface area contributed by atoms with Crippen molar-refractivity contribution in [1.29, 1.82) is 0 Å². The first kappa shape index (κ1) is 9.68. The van der Waals surface area contributed by atoms with E-state index in [1.165, 1.54) is 0 Å². The summed E-state index contributed by atoms with van der Waals surface area (Å²) in [6.45, 7) is 2.27. The number of aryl methyl sites for hydroxylation is 1. The van der Waals surface area contributed by atoms with E-state index in [9.17, 15) is 8.42 Å². The number of hydrogen-bond donors (Lipinski definition) is 0. The Balaban J connectivity index is 2.36. The van der Waals surface area contributed by atoms with Gasteiger partial charge in [-0.05, 0) is 12.5 Å². The molecule has 0 bridgehead atoms. The molecular weight excluding hydrogens is 200 g/mol. The molecule has 1 fully saturated rings. The van der Waals surface area contributed by atoms with Gasteiger partial charge in [0.05, 0.1) is 12.4 Å². The number of sulfone groups is 1. The molecule has 4 heteroatoms. The smallest absolute Gasteiger partial charge is 0.183 e. The fourth-order valence-electron chi connectivity index (χ4n) is 1.51. The lowest BCUT2D eigenvalue weighted by molar-refractivity contribution is 0.141. The van der Waals surface area contributed by atoms with Crippen molar-refractivity contribution in [3.8, 4) is 0 Å². The molecule has 3 nitrogen and oxygen atoms in total. The van der Waals surface area contributed by atoms with Gasteiger partial charge in [-0.3, -0.25) is 0 Å². The molecule has 1 heterocycles. The molecule has 14 heavy (non-hydrogen) atoms. The molecule has 0 aromatic heterocycles. The highest BCUT2D eigenvalue weighted by Crippen LogP contribution is 2.29. The number of rotatable bonds is 1. The first-order valence-electron chi connectivity index (χ1n) is 4.49. The van der Waals surface area contributed by atoms with Crippen molar-refractivity contribution in [3.05, 3.63) is 35.4 Å². The Labute approximate surface area is 83.6 Å². The van der Waals surface area contributed by atoms with E-state index in [0.717, 1.165) is 11.1 Å². The Hall–Kier alpha value is -0.870. The van der Waals surface area contributed by atoms with Gasteiger partial charge >= 0.3 is 0 Å². The molecule has 1 saturated heterocycles. The summed E-state index contributed by atoms with van der Waals surface area (Å²) in [5.74, 6) is 0.130. The van der Waals surface area contributed by atoms with E-state index in [0.29, 0.717) is 6.61 Å². The molecule has 2 rings (SSSR count). The van der Waals surface area contributed by atoms with Crippen LogP contribution in [0.4, 0.5) is 0 Å². The second-order valence-electron chi connectivity index (χ2n) is 3.48. The third kappa shape index (κ3) is 1.67. The summed E-state index contributed by atoms with van der Waals surface area (Å²) in [5, 5.41) is 0. The van der Waals surface area contributed by atoms with Gasteiger partial charge in [-0.2, -0.15) is 0 Å². The normalized spacial score (nSPS) is 25.1. The minimum atomic E-state index is -3.08. The van der Waals surface area contributed by atoms with Gasteiger partial charge in [0.15, 0.2) is 15.3 Å². The van der Waals surface area contributed by atoms with Crippen molar-refractivity contribution >= 4 is 9.84 Å². The van der Waals surface area contributed by atoms with E-state index >= 15 is 0 Å². The molecule has 0 spiro atoms. The van der Waals surface area contributed by atoms with Gasteiger partial charge in [0.1, 0.15) is 0 Å². The number of ether oxygens (including phenoxy) is 1. The van der Waals surface area contributed by atoms with Gasteiger partial charge in [0.2, 0.25) is 0 Å². The molecule has 1 aliphatic rings. The van der Waals surface area contributed by atoms with Gasteiger partial charge < -0.3 is 4.74 Å². The van der Waals surface area contributed by atoms with Crippen LogP contribution < -0.4 is 0 Å². The minimum Gasteiger partial charge on any atom is -0.356 e. The maximum atomic E-state index is 11.5. The van der Waals surface area contributed by atoms with Crippen LogP contribution in [0.5, 0.6) is 0 Å². The zero-order valence-electron chi connectivity index (χ0n) is 7.93. The Kier molecular flexibility index (Phi) is 2.33. The average molecular weight is 212 g/mol. The number of benzene rings is 1. The molecule has 0 radical (unpaired) electrons. The lowest BCUT2D eigenvalue weighted by atomic mass is 10.2. The summed E-state index contributed by atoms with van der Waals surface area (Å²) >= 11 is 0. The van der Waals surface area contributed by atoms with Crippen LogP contribution in [0.3, 0.4) is 0 Å². The largest absolute Gasteiger partial charge is 0.356 e. The van der Waals surface area contributed by atoms with E-state index < -0.39 is 15.3 Å². The summed E-state index contributed by atoms with van der Waals surface area (Å²) in [7, 11) is -3.08. The Morgan fingerprint density at radius 2 is 1.93 bits per heavy atom. The van der Waals surface area contributed by atoms with Crippen molar-refractivity contribution in [3.63, 3.8) is 0 Å². The van der Waals surface area contributed by atoms with Gasteiger partial charge in [-0.15, -0.1) is 0 Å². The molecule has 0 amide bonds. The van der Waals surface area contributed by atoms with Crippen molar-refractivity contribution in [1.82, 2.24) is 0 Å². The van der Waals surface area contributed by atoms with Crippen LogP contribution in [0.1, 0.15) is 16.6 Å². The van der Waals surface area contributed by atoms with Crippen LogP contribution in [0.25, 0.3) is 0 Å². The minimum absolute atomic E-state index is 0.130. The number of hydrogen-bond acceptors (Lipinski definition) is 3. The Bertz CT molecular complexity index is 419. The molecule has 1 atom stereocenters. The second-order valence-corrected chi connectivity index (χ2v) is 5.64. The van der Waals surface area contributed by atoms with Crippen LogP contribution in [0.2, 0.25) is 0 Å². The fraction of sp³-hybridized carbons (Fsp3) is 0.400.